The van der Waals surface area contributed by atoms with Crippen molar-refractivity contribution < 1.29 is 4.52 Å². The van der Waals surface area contributed by atoms with Crippen molar-refractivity contribution in [3.05, 3.63) is 40.2 Å². The average Bonchev–Trinajstić information content (AvgIpc) is 3.07. The van der Waals surface area contributed by atoms with Crippen molar-refractivity contribution in [1.82, 2.24) is 10.1 Å². The van der Waals surface area contributed by atoms with Crippen molar-refractivity contribution in [3.8, 4) is 22.2 Å². The highest BCUT2D eigenvalue weighted by molar-refractivity contribution is 9.11. The van der Waals surface area contributed by atoms with E-state index in [0.717, 1.165) is 19.9 Å². The van der Waals surface area contributed by atoms with Gasteiger partial charge in [0, 0.05) is 18.3 Å². The standard InChI is InChI=1S/C13H10BrN3OS/c1-15-9-4-2-8(3-5-9)13-16-12(17-18-13)10-6-7-11(14)19-10/h2-7,15H,1H3. The number of nitrogens with zero attached hydrogens (tertiary/aromatic N) is 2. The molecular formula is C13H10BrN3OS. The first-order valence-electron chi connectivity index (χ1n) is 5.64. The quantitative estimate of drug-likeness (QED) is 0.776. The molecule has 96 valence electrons. The molecule has 0 aliphatic carbocycles. The molecule has 0 fully saturated rings. The predicted molar refractivity (Wildman–Crippen MR) is 80.3 cm³/mol. The molecule has 1 N–H and O–H groups in total. The first-order valence-corrected chi connectivity index (χ1v) is 7.25. The van der Waals surface area contributed by atoms with E-state index in [2.05, 4.69) is 31.4 Å². The molecule has 2 heterocycles. The Hall–Kier alpha value is -1.66. The number of aromatic nitrogens is 2. The van der Waals surface area contributed by atoms with Gasteiger partial charge in [0.2, 0.25) is 5.82 Å². The van der Waals surface area contributed by atoms with Gasteiger partial charge in [0.25, 0.3) is 5.89 Å². The molecule has 0 saturated heterocycles. The largest absolute Gasteiger partial charge is 0.388 e. The molecule has 2 aromatic heterocycles. The number of thiophene rings is 1. The molecule has 0 saturated carbocycles. The summed E-state index contributed by atoms with van der Waals surface area (Å²) in [7, 11) is 1.88. The summed E-state index contributed by atoms with van der Waals surface area (Å²) in [6, 6.07) is 11.8. The van der Waals surface area contributed by atoms with Crippen LogP contribution in [-0.4, -0.2) is 17.2 Å². The Morgan fingerprint density at radius 2 is 1.95 bits per heavy atom. The minimum atomic E-state index is 0.530. The van der Waals surface area contributed by atoms with E-state index in [1.807, 2.05) is 43.4 Å². The minimum absolute atomic E-state index is 0.530. The van der Waals surface area contributed by atoms with Gasteiger partial charge in [0.05, 0.1) is 8.66 Å². The normalized spacial score (nSPS) is 10.6. The third kappa shape index (κ3) is 2.54. The van der Waals surface area contributed by atoms with Crippen LogP contribution in [0.3, 0.4) is 0 Å². The number of halogens is 1. The van der Waals surface area contributed by atoms with Crippen LogP contribution in [0.15, 0.2) is 44.7 Å². The Morgan fingerprint density at radius 1 is 1.16 bits per heavy atom. The molecule has 0 radical (unpaired) electrons. The van der Waals surface area contributed by atoms with Crippen LogP contribution < -0.4 is 5.32 Å². The summed E-state index contributed by atoms with van der Waals surface area (Å²) in [5, 5.41) is 7.08. The second kappa shape index (κ2) is 5.14. The van der Waals surface area contributed by atoms with Crippen molar-refractivity contribution in [2.24, 2.45) is 0 Å². The Balaban J connectivity index is 1.91. The molecule has 0 bridgehead atoms. The van der Waals surface area contributed by atoms with E-state index >= 15 is 0 Å². The van der Waals surface area contributed by atoms with E-state index < -0.39 is 0 Å². The van der Waals surface area contributed by atoms with Crippen molar-refractivity contribution in [2.75, 3.05) is 12.4 Å². The number of rotatable bonds is 3. The lowest BCUT2D eigenvalue weighted by molar-refractivity contribution is 0.432. The second-order valence-electron chi connectivity index (χ2n) is 3.85. The monoisotopic (exact) mass is 335 g/mol. The van der Waals surface area contributed by atoms with Crippen molar-refractivity contribution in [1.29, 1.82) is 0 Å². The van der Waals surface area contributed by atoms with Gasteiger partial charge in [0.15, 0.2) is 0 Å². The Labute approximate surface area is 122 Å². The van der Waals surface area contributed by atoms with E-state index in [1.54, 1.807) is 11.3 Å². The number of anilines is 1. The van der Waals surface area contributed by atoms with Crippen LogP contribution in [0, 0.1) is 0 Å². The molecule has 0 aliphatic heterocycles. The van der Waals surface area contributed by atoms with Gasteiger partial charge in [-0.1, -0.05) is 5.16 Å². The van der Waals surface area contributed by atoms with Crippen molar-refractivity contribution >= 4 is 33.0 Å². The van der Waals surface area contributed by atoms with Gasteiger partial charge in [-0.3, -0.25) is 0 Å². The zero-order valence-corrected chi connectivity index (χ0v) is 12.5. The van der Waals surface area contributed by atoms with E-state index in [9.17, 15) is 0 Å². The fourth-order valence-corrected chi connectivity index (χ4v) is 2.97. The van der Waals surface area contributed by atoms with E-state index in [0.29, 0.717) is 11.7 Å². The van der Waals surface area contributed by atoms with Crippen LogP contribution in [0.1, 0.15) is 0 Å². The summed E-state index contributed by atoms with van der Waals surface area (Å²) in [4.78, 5) is 5.39. The molecule has 3 aromatic rings. The molecule has 6 heteroatoms. The van der Waals surface area contributed by atoms with Crippen LogP contribution in [-0.2, 0) is 0 Å². The predicted octanol–water partition coefficient (Wildman–Crippen LogP) is 4.27. The maximum Gasteiger partial charge on any atom is 0.258 e. The topological polar surface area (TPSA) is 51.0 Å². The lowest BCUT2D eigenvalue weighted by Crippen LogP contribution is -1.86. The maximum absolute atomic E-state index is 5.30. The van der Waals surface area contributed by atoms with Gasteiger partial charge in [-0.2, -0.15) is 4.98 Å². The molecule has 0 spiro atoms. The summed E-state index contributed by atoms with van der Waals surface area (Å²) < 4.78 is 6.35. The zero-order valence-electron chi connectivity index (χ0n) is 10.1. The third-order valence-corrected chi connectivity index (χ3v) is 4.26. The Bertz CT molecular complexity index is 690. The molecule has 0 aliphatic rings. The summed E-state index contributed by atoms with van der Waals surface area (Å²) >= 11 is 5.00. The molecule has 4 nitrogen and oxygen atoms in total. The highest BCUT2D eigenvalue weighted by Gasteiger charge is 2.12. The first kappa shape index (κ1) is 12.4. The van der Waals surface area contributed by atoms with Gasteiger partial charge in [-0.05, 0) is 52.3 Å². The zero-order chi connectivity index (χ0) is 13.2. The highest BCUT2D eigenvalue weighted by Crippen LogP contribution is 2.30. The number of benzene rings is 1. The third-order valence-electron chi connectivity index (χ3n) is 2.64. The molecule has 1 aromatic carbocycles. The SMILES string of the molecule is CNc1ccc(-c2nc(-c3ccc(Br)s3)no2)cc1. The van der Waals surface area contributed by atoms with Crippen LogP contribution in [0.4, 0.5) is 5.69 Å². The molecule has 0 amide bonds. The van der Waals surface area contributed by atoms with Gasteiger partial charge < -0.3 is 9.84 Å². The van der Waals surface area contributed by atoms with E-state index in [-0.39, 0.29) is 0 Å². The summed E-state index contributed by atoms with van der Waals surface area (Å²) in [6.45, 7) is 0. The van der Waals surface area contributed by atoms with Crippen LogP contribution in [0.25, 0.3) is 22.2 Å². The summed E-state index contributed by atoms with van der Waals surface area (Å²) in [5.74, 6) is 1.14. The molecule has 0 atom stereocenters. The van der Waals surface area contributed by atoms with E-state index in [1.165, 1.54) is 0 Å². The van der Waals surface area contributed by atoms with Crippen molar-refractivity contribution in [3.63, 3.8) is 0 Å². The molecule has 3 rings (SSSR count). The molecule has 19 heavy (non-hydrogen) atoms. The number of nitrogens with one attached hydrogen (secondary N) is 1. The fourth-order valence-electron chi connectivity index (χ4n) is 1.65. The average molecular weight is 336 g/mol. The van der Waals surface area contributed by atoms with E-state index in [4.69, 9.17) is 4.52 Å². The first-order chi connectivity index (χ1) is 9.26. The number of hydrogen-bond acceptors (Lipinski definition) is 5. The maximum atomic E-state index is 5.30. The molecular weight excluding hydrogens is 326 g/mol. The fraction of sp³-hybridized carbons (Fsp3) is 0.0769. The smallest absolute Gasteiger partial charge is 0.258 e. The van der Waals surface area contributed by atoms with Gasteiger partial charge in [-0.15, -0.1) is 11.3 Å². The van der Waals surface area contributed by atoms with Gasteiger partial charge in [-0.25, -0.2) is 0 Å². The highest BCUT2D eigenvalue weighted by atomic mass is 79.9. The number of hydrogen-bond donors (Lipinski definition) is 1. The summed E-state index contributed by atoms with van der Waals surface area (Å²) in [5.41, 5.74) is 1.96. The second-order valence-corrected chi connectivity index (χ2v) is 6.32. The van der Waals surface area contributed by atoms with Gasteiger partial charge >= 0.3 is 0 Å². The Morgan fingerprint density at radius 3 is 2.58 bits per heavy atom. The molecule has 0 unspecified atom stereocenters. The lowest BCUT2D eigenvalue weighted by Gasteiger charge is -1.99. The Kier molecular flexibility index (Phi) is 3.35. The lowest BCUT2D eigenvalue weighted by atomic mass is 10.2. The van der Waals surface area contributed by atoms with Crippen LogP contribution in [0.5, 0.6) is 0 Å². The minimum Gasteiger partial charge on any atom is -0.388 e. The van der Waals surface area contributed by atoms with Gasteiger partial charge in [0.1, 0.15) is 0 Å². The van der Waals surface area contributed by atoms with Crippen LogP contribution >= 0.6 is 27.3 Å². The summed E-state index contributed by atoms with van der Waals surface area (Å²) in [6.07, 6.45) is 0. The van der Waals surface area contributed by atoms with Crippen molar-refractivity contribution in [2.45, 2.75) is 0 Å². The van der Waals surface area contributed by atoms with Crippen LogP contribution in [0.2, 0.25) is 0 Å².